The highest BCUT2D eigenvalue weighted by Crippen LogP contribution is 2.28. The molecule has 1 N–H and O–H groups in total. The van der Waals surface area contributed by atoms with E-state index < -0.39 is 0 Å². The summed E-state index contributed by atoms with van der Waals surface area (Å²) < 4.78 is 0. The van der Waals surface area contributed by atoms with E-state index in [0.717, 1.165) is 32.6 Å². The largest absolute Gasteiger partial charge is 0.396 e. The van der Waals surface area contributed by atoms with Gasteiger partial charge in [-0.1, -0.05) is 0 Å². The number of aliphatic hydroxyl groups excluding tert-OH is 1. The van der Waals surface area contributed by atoms with Gasteiger partial charge in [0.25, 0.3) is 0 Å². The SMILES string of the molecule is N#Cc1ccc(N2CCN3C[C@@H](CO)C[C@H]3C2)cc1. The minimum atomic E-state index is 0.309. The third-order valence-electron chi connectivity index (χ3n) is 4.32. The number of fused-ring (bicyclic) bond motifs is 1. The molecule has 1 aromatic rings. The van der Waals surface area contributed by atoms with Gasteiger partial charge in [-0.25, -0.2) is 0 Å². The van der Waals surface area contributed by atoms with E-state index in [1.54, 1.807) is 0 Å². The summed E-state index contributed by atoms with van der Waals surface area (Å²) in [6, 6.07) is 10.6. The van der Waals surface area contributed by atoms with Gasteiger partial charge in [-0.3, -0.25) is 4.90 Å². The van der Waals surface area contributed by atoms with Crippen molar-refractivity contribution in [2.45, 2.75) is 12.5 Å². The lowest BCUT2D eigenvalue weighted by atomic mass is 10.1. The van der Waals surface area contributed by atoms with Crippen LogP contribution in [0.25, 0.3) is 0 Å². The van der Waals surface area contributed by atoms with E-state index in [9.17, 15) is 5.11 Å². The van der Waals surface area contributed by atoms with Crippen molar-refractivity contribution in [3.8, 4) is 6.07 Å². The topological polar surface area (TPSA) is 50.5 Å². The lowest BCUT2D eigenvalue weighted by Gasteiger charge is -2.38. The smallest absolute Gasteiger partial charge is 0.0991 e. The van der Waals surface area contributed by atoms with Crippen molar-refractivity contribution in [3.05, 3.63) is 29.8 Å². The Hall–Kier alpha value is -1.57. The van der Waals surface area contributed by atoms with Crippen molar-refractivity contribution in [1.82, 2.24) is 4.90 Å². The second kappa shape index (κ2) is 5.20. The Morgan fingerprint density at radius 3 is 2.68 bits per heavy atom. The molecule has 100 valence electrons. The highest BCUT2D eigenvalue weighted by molar-refractivity contribution is 5.50. The monoisotopic (exact) mass is 257 g/mol. The maximum Gasteiger partial charge on any atom is 0.0991 e. The van der Waals surface area contributed by atoms with Crippen LogP contribution in [-0.2, 0) is 0 Å². The quantitative estimate of drug-likeness (QED) is 0.861. The number of hydrogen-bond donors (Lipinski definition) is 1. The van der Waals surface area contributed by atoms with Gasteiger partial charge in [0.2, 0.25) is 0 Å². The third kappa shape index (κ3) is 2.44. The average molecular weight is 257 g/mol. The molecule has 2 aliphatic rings. The first-order valence-corrected chi connectivity index (χ1v) is 6.90. The molecule has 0 bridgehead atoms. The number of nitrogens with zero attached hydrogens (tertiary/aromatic N) is 3. The fraction of sp³-hybridized carbons (Fsp3) is 0.533. The van der Waals surface area contributed by atoms with Gasteiger partial charge in [0.1, 0.15) is 0 Å². The molecule has 0 spiro atoms. The first kappa shape index (κ1) is 12.5. The molecule has 3 rings (SSSR count). The number of piperazine rings is 1. The Morgan fingerprint density at radius 1 is 1.21 bits per heavy atom. The first-order valence-electron chi connectivity index (χ1n) is 6.90. The van der Waals surface area contributed by atoms with Gasteiger partial charge in [-0.05, 0) is 36.6 Å². The van der Waals surface area contributed by atoms with Gasteiger partial charge in [0, 0.05) is 44.5 Å². The maximum atomic E-state index is 9.28. The Labute approximate surface area is 113 Å². The molecule has 19 heavy (non-hydrogen) atoms. The predicted molar refractivity (Wildman–Crippen MR) is 73.9 cm³/mol. The number of hydrogen-bond acceptors (Lipinski definition) is 4. The molecule has 1 aromatic carbocycles. The van der Waals surface area contributed by atoms with E-state index in [1.165, 1.54) is 5.69 Å². The van der Waals surface area contributed by atoms with Crippen molar-refractivity contribution in [2.24, 2.45) is 5.92 Å². The van der Waals surface area contributed by atoms with Gasteiger partial charge in [-0.15, -0.1) is 0 Å². The minimum absolute atomic E-state index is 0.309. The summed E-state index contributed by atoms with van der Waals surface area (Å²) in [6.45, 7) is 4.48. The third-order valence-corrected chi connectivity index (χ3v) is 4.32. The van der Waals surface area contributed by atoms with Crippen LogP contribution in [0.5, 0.6) is 0 Å². The molecular formula is C15H19N3O. The normalized spacial score (nSPS) is 27.1. The van der Waals surface area contributed by atoms with E-state index in [-0.39, 0.29) is 0 Å². The average Bonchev–Trinajstić information content (AvgIpc) is 2.89. The van der Waals surface area contributed by atoms with Crippen LogP contribution in [-0.4, -0.2) is 48.8 Å². The molecule has 4 heteroatoms. The second-order valence-electron chi connectivity index (χ2n) is 5.54. The van der Waals surface area contributed by atoms with Crippen molar-refractivity contribution in [2.75, 3.05) is 37.7 Å². The van der Waals surface area contributed by atoms with E-state index in [1.807, 2.05) is 24.3 Å². The standard InChI is InChI=1S/C15H19N3O/c16-8-12-1-3-14(4-2-12)18-6-5-17-9-13(11-19)7-15(17)10-18/h1-4,13,15,19H,5-7,9-11H2/t13-,15-/m0/s1. The van der Waals surface area contributed by atoms with Gasteiger partial charge in [0.05, 0.1) is 11.6 Å². The molecule has 0 unspecified atom stereocenters. The van der Waals surface area contributed by atoms with Crippen LogP contribution in [0.15, 0.2) is 24.3 Å². The summed E-state index contributed by atoms with van der Waals surface area (Å²) in [4.78, 5) is 4.89. The summed E-state index contributed by atoms with van der Waals surface area (Å²) in [5.74, 6) is 0.450. The van der Waals surface area contributed by atoms with Crippen LogP contribution < -0.4 is 4.90 Å². The summed E-state index contributed by atoms with van der Waals surface area (Å²) in [6.07, 6.45) is 1.10. The van der Waals surface area contributed by atoms with E-state index >= 15 is 0 Å². The summed E-state index contributed by atoms with van der Waals surface area (Å²) >= 11 is 0. The van der Waals surface area contributed by atoms with Crippen LogP contribution in [0, 0.1) is 17.2 Å². The fourth-order valence-electron chi connectivity index (χ4n) is 3.26. The zero-order valence-corrected chi connectivity index (χ0v) is 11.0. The highest BCUT2D eigenvalue weighted by Gasteiger charge is 2.35. The Morgan fingerprint density at radius 2 is 2.00 bits per heavy atom. The Balaban J connectivity index is 1.69. The molecule has 4 nitrogen and oxygen atoms in total. The molecule has 0 radical (unpaired) electrons. The van der Waals surface area contributed by atoms with E-state index in [0.29, 0.717) is 24.1 Å². The number of anilines is 1. The van der Waals surface area contributed by atoms with Crippen molar-refractivity contribution in [1.29, 1.82) is 5.26 Å². The first-order chi connectivity index (χ1) is 9.30. The summed E-state index contributed by atoms with van der Waals surface area (Å²) in [5.41, 5.74) is 1.91. The number of aliphatic hydroxyl groups is 1. The molecule has 2 atom stereocenters. The van der Waals surface area contributed by atoms with Crippen molar-refractivity contribution < 1.29 is 5.11 Å². The maximum absolute atomic E-state index is 9.28. The van der Waals surface area contributed by atoms with E-state index in [2.05, 4.69) is 15.9 Å². The molecule has 2 aliphatic heterocycles. The Bertz CT molecular complexity index is 479. The molecule has 0 aromatic heterocycles. The van der Waals surface area contributed by atoms with Crippen LogP contribution in [0.3, 0.4) is 0 Å². The number of benzene rings is 1. The fourth-order valence-corrected chi connectivity index (χ4v) is 3.26. The molecule has 0 amide bonds. The number of rotatable bonds is 2. The van der Waals surface area contributed by atoms with Crippen LogP contribution in [0.4, 0.5) is 5.69 Å². The van der Waals surface area contributed by atoms with E-state index in [4.69, 9.17) is 5.26 Å². The van der Waals surface area contributed by atoms with Crippen molar-refractivity contribution >= 4 is 5.69 Å². The molecule has 2 saturated heterocycles. The second-order valence-corrected chi connectivity index (χ2v) is 5.54. The molecule has 0 saturated carbocycles. The molecular weight excluding hydrogens is 238 g/mol. The van der Waals surface area contributed by atoms with Crippen molar-refractivity contribution in [3.63, 3.8) is 0 Å². The number of nitriles is 1. The van der Waals surface area contributed by atoms with Gasteiger partial charge < -0.3 is 10.0 Å². The van der Waals surface area contributed by atoms with Gasteiger partial charge >= 0.3 is 0 Å². The zero-order chi connectivity index (χ0) is 13.2. The predicted octanol–water partition coefficient (Wildman–Crippen LogP) is 1.06. The lowest BCUT2D eigenvalue weighted by molar-refractivity contribution is 0.209. The Kier molecular flexibility index (Phi) is 3.41. The molecule has 2 fully saturated rings. The van der Waals surface area contributed by atoms with Crippen LogP contribution in [0.2, 0.25) is 0 Å². The highest BCUT2D eigenvalue weighted by atomic mass is 16.3. The zero-order valence-electron chi connectivity index (χ0n) is 11.0. The van der Waals surface area contributed by atoms with Gasteiger partial charge in [-0.2, -0.15) is 5.26 Å². The van der Waals surface area contributed by atoms with Crippen LogP contribution >= 0.6 is 0 Å². The summed E-state index contributed by atoms with van der Waals surface area (Å²) in [7, 11) is 0. The van der Waals surface area contributed by atoms with Gasteiger partial charge in [0.15, 0.2) is 0 Å². The minimum Gasteiger partial charge on any atom is -0.396 e. The van der Waals surface area contributed by atoms with Crippen LogP contribution in [0.1, 0.15) is 12.0 Å². The molecule has 2 heterocycles. The molecule has 0 aliphatic carbocycles. The lowest BCUT2D eigenvalue weighted by Crippen LogP contribution is -2.50. The summed E-state index contributed by atoms with van der Waals surface area (Å²) in [5, 5.41) is 18.1.